The molecule has 1 aromatic carbocycles. The predicted octanol–water partition coefficient (Wildman–Crippen LogP) is 3.83. The topological polar surface area (TPSA) is 108 Å². The van der Waals surface area contributed by atoms with E-state index in [1.54, 1.807) is 28.6 Å². The lowest BCUT2D eigenvalue weighted by Crippen LogP contribution is -2.35. The summed E-state index contributed by atoms with van der Waals surface area (Å²) in [7, 11) is -3.47. The van der Waals surface area contributed by atoms with E-state index in [4.69, 9.17) is 0 Å². The molecule has 1 saturated heterocycles. The van der Waals surface area contributed by atoms with Gasteiger partial charge in [0.1, 0.15) is 5.82 Å². The molecular weight excluding hydrogens is 446 g/mol. The fourth-order valence-corrected chi connectivity index (χ4v) is 6.59. The molecule has 1 saturated carbocycles. The van der Waals surface area contributed by atoms with Gasteiger partial charge in [-0.15, -0.1) is 5.10 Å². The van der Waals surface area contributed by atoms with E-state index in [0.29, 0.717) is 29.9 Å². The summed E-state index contributed by atoms with van der Waals surface area (Å²) in [6.45, 7) is 2.94. The second kappa shape index (κ2) is 10.4. The summed E-state index contributed by atoms with van der Waals surface area (Å²) in [4.78, 5) is 17.4. The number of anilines is 1. The number of hydrogen-bond donors (Lipinski definition) is 2. The van der Waals surface area contributed by atoms with Gasteiger partial charge in [0.15, 0.2) is 0 Å². The molecule has 10 heteroatoms. The number of aromatic amines is 1. The Labute approximate surface area is 194 Å². The van der Waals surface area contributed by atoms with E-state index in [1.165, 1.54) is 37.4 Å². The minimum Gasteiger partial charge on any atom is -0.325 e. The Bertz CT molecular complexity index is 1010. The summed E-state index contributed by atoms with van der Waals surface area (Å²) in [5.41, 5.74) is 0.567. The fourth-order valence-electron chi connectivity index (χ4n) is 4.33. The number of hydrogen-bond acceptors (Lipinski definition) is 6. The van der Waals surface area contributed by atoms with Crippen LogP contribution in [-0.2, 0) is 21.2 Å². The second-order valence-electron chi connectivity index (χ2n) is 8.66. The first kappa shape index (κ1) is 23.3. The molecule has 1 amide bonds. The van der Waals surface area contributed by atoms with Crippen LogP contribution in [0.2, 0.25) is 0 Å². The Morgan fingerprint density at radius 3 is 2.53 bits per heavy atom. The Morgan fingerprint density at radius 2 is 1.84 bits per heavy atom. The van der Waals surface area contributed by atoms with Gasteiger partial charge in [0.2, 0.25) is 21.1 Å². The number of H-pyrrole nitrogens is 1. The molecule has 4 rings (SSSR count). The summed E-state index contributed by atoms with van der Waals surface area (Å²) in [6, 6.07) is 6.39. The lowest BCUT2D eigenvalue weighted by Gasteiger charge is -2.25. The maximum atomic E-state index is 12.8. The largest absolute Gasteiger partial charge is 0.325 e. The van der Waals surface area contributed by atoms with Gasteiger partial charge in [-0.05, 0) is 49.9 Å². The molecule has 1 aromatic heterocycles. The van der Waals surface area contributed by atoms with Crippen molar-refractivity contribution in [1.29, 1.82) is 0 Å². The van der Waals surface area contributed by atoms with Crippen molar-refractivity contribution in [2.45, 2.75) is 73.6 Å². The van der Waals surface area contributed by atoms with Crippen LogP contribution in [0, 0.1) is 5.92 Å². The van der Waals surface area contributed by atoms with Crippen LogP contribution in [0.15, 0.2) is 34.3 Å². The molecule has 2 heterocycles. The van der Waals surface area contributed by atoms with Crippen LogP contribution < -0.4 is 5.32 Å². The van der Waals surface area contributed by atoms with Crippen LogP contribution in [0.1, 0.15) is 57.7 Å². The van der Waals surface area contributed by atoms with Gasteiger partial charge >= 0.3 is 0 Å². The quantitative estimate of drug-likeness (QED) is 0.560. The third-order valence-corrected chi connectivity index (χ3v) is 9.07. The van der Waals surface area contributed by atoms with E-state index in [0.717, 1.165) is 31.5 Å². The molecule has 0 spiro atoms. The number of carbonyl (C=O) groups is 1. The highest BCUT2D eigenvalue weighted by Crippen LogP contribution is 2.28. The van der Waals surface area contributed by atoms with Crippen molar-refractivity contribution in [2.75, 3.05) is 18.4 Å². The fraction of sp³-hybridized carbons (Fsp3) is 0.591. The smallest absolute Gasteiger partial charge is 0.243 e. The average Bonchev–Trinajstić information content (AvgIpc) is 3.47. The van der Waals surface area contributed by atoms with Crippen LogP contribution in [0.3, 0.4) is 0 Å². The van der Waals surface area contributed by atoms with Gasteiger partial charge in [-0.25, -0.2) is 13.4 Å². The maximum absolute atomic E-state index is 12.8. The van der Waals surface area contributed by atoms with Crippen LogP contribution >= 0.6 is 11.8 Å². The number of sulfonamides is 1. The van der Waals surface area contributed by atoms with E-state index in [-0.39, 0.29) is 16.1 Å². The van der Waals surface area contributed by atoms with Crippen molar-refractivity contribution in [2.24, 2.45) is 5.92 Å². The zero-order valence-electron chi connectivity index (χ0n) is 18.4. The highest BCUT2D eigenvalue weighted by Gasteiger charge is 2.26. The van der Waals surface area contributed by atoms with Crippen LogP contribution in [0.4, 0.5) is 5.69 Å². The molecule has 2 aliphatic rings. The van der Waals surface area contributed by atoms with Gasteiger partial charge in [0.25, 0.3) is 0 Å². The van der Waals surface area contributed by atoms with Crippen molar-refractivity contribution < 1.29 is 13.2 Å². The molecule has 1 aliphatic heterocycles. The minimum absolute atomic E-state index is 0.177. The Morgan fingerprint density at radius 1 is 1.16 bits per heavy atom. The van der Waals surface area contributed by atoms with E-state index in [2.05, 4.69) is 20.5 Å². The molecule has 2 fully saturated rings. The Hall–Kier alpha value is -1.91. The molecule has 0 bridgehead atoms. The zero-order chi connectivity index (χ0) is 22.6. The molecule has 1 atom stereocenters. The minimum atomic E-state index is -3.47. The molecular formula is C22H31N5O3S2. The highest BCUT2D eigenvalue weighted by atomic mass is 32.2. The molecule has 0 radical (unpaired) electrons. The molecule has 1 aliphatic carbocycles. The third kappa shape index (κ3) is 5.71. The summed E-state index contributed by atoms with van der Waals surface area (Å²) in [5.74, 6) is 1.39. The molecule has 32 heavy (non-hydrogen) atoms. The lowest BCUT2D eigenvalue weighted by atomic mass is 10.0. The van der Waals surface area contributed by atoms with E-state index in [9.17, 15) is 13.2 Å². The maximum Gasteiger partial charge on any atom is 0.243 e. The number of amides is 1. The predicted molar refractivity (Wildman–Crippen MR) is 125 cm³/mol. The molecule has 174 valence electrons. The molecule has 2 N–H and O–H groups in total. The zero-order valence-corrected chi connectivity index (χ0v) is 20.1. The van der Waals surface area contributed by atoms with Gasteiger partial charge in [-0.2, -0.15) is 4.31 Å². The van der Waals surface area contributed by atoms with Crippen LogP contribution in [0.5, 0.6) is 0 Å². The average molecular weight is 478 g/mol. The van der Waals surface area contributed by atoms with Gasteiger partial charge in [0, 0.05) is 25.2 Å². The summed E-state index contributed by atoms with van der Waals surface area (Å²) >= 11 is 1.31. The van der Waals surface area contributed by atoms with Crippen LogP contribution in [-0.4, -0.2) is 52.2 Å². The monoisotopic (exact) mass is 477 g/mol. The summed E-state index contributed by atoms with van der Waals surface area (Å²) < 4.78 is 27.1. The number of thioether (sulfide) groups is 1. The van der Waals surface area contributed by atoms with Crippen molar-refractivity contribution in [3.8, 4) is 0 Å². The van der Waals surface area contributed by atoms with Crippen LogP contribution in [0.25, 0.3) is 0 Å². The van der Waals surface area contributed by atoms with Crippen molar-refractivity contribution in [3.05, 3.63) is 30.1 Å². The second-order valence-corrected chi connectivity index (χ2v) is 11.9. The third-order valence-electron chi connectivity index (χ3n) is 6.19. The first-order valence-electron chi connectivity index (χ1n) is 11.4. The number of nitrogens with zero attached hydrogens (tertiary/aromatic N) is 3. The highest BCUT2D eigenvalue weighted by molar-refractivity contribution is 8.00. The van der Waals surface area contributed by atoms with Gasteiger partial charge < -0.3 is 5.32 Å². The number of nitrogens with one attached hydrogen (secondary N) is 2. The molecule has 2 aromatic rings. The SMILES string of the molecule is CC(Sc1n[nH]c(CC2CCCC2)n1)C(=O)Nc1ccc(S(=O)(=O)N2CCCCC2)cc1. The number of benzene rings is 1. The number of piperidine rings is 1. The van der Waals surface area contributed by atoms with Gasteiger partial charge in [0.05, 0.1) is 10.1 Å². The normalized spacial score (nSPS) is 19.2. The first-order valence-corrected chi connectivity index (χ1v) is 13.7. The standard InChI is InChI=1S/C22H31N5O3S2/c1-16(31-22-24-20(25-26-22)15-17-7-3-4-8-17)21(28)23-18-9-11-19(12-10-18)32(29,30)27-13-5-2-6-14-27/h9-12,16-17H,2-8,13-15H2,1H3,(H,23,28)(H,24,25,26). The van der Waals surface area contributed by atoms with Crippen molar-refractivity contribution >= 4 is 33.4 Å². The van der Waals surface area contributed by atoms with E-state index in [1.807, 2.05) is 6.92 Å². The van der Waals surface area contributed by atoms with E-state index >= 15 is 0 Å². The molecule has 8 nitrogen and oxygen atoms in total. The Balaban J connectivity index is 1.31. The molecule has 1 unspecified atom stereocenters. The van der Waals surface area contributed by atoms with Gasteiger partial charge in [-0.1, -0.05) is 43.9 Å². The van der Waals surface area contributed by atoms with Gasteiger partial charge in [-0.3, -0.25) is 9.89 Å². The lowest BCUT2D eigenvalue weighted by molar-refractivity contribution is -0.115. The summed E-state index contributed by atoms with van der Waals surface area (Å²) in [6.07, 6.45) is 8.88. The Kier molecular flexibility index (Phi) is 7.52. The number of rotatable bonds is 8. The van der Waals surface area contributed by atoms with Crippen molar-refractivity contribution in [3.63, 3.8) is 0 Å². The van der Waals surface area contributed by atoms with E-state index < -0.39 is 10.0 Å². The number of carbonyl (C=O) groups excluding carboxylic acids is 1. The summed E-state index contributed by atoms with van der Waals surface area (Å²) in [5, 5.41) is 10.3. The number of aromatic nitrogens is 3. The first-order chi connectivity index (χ1) is 15.4. The van der Waals surface area contributed by atoms with Crippen molar-refractivity contribution in [1.82, 2.24) is 19.5 Å².